The van der Waals surface area contributed by atoms with Crippen molar-refractivity contribution in [1.29, 1.82) is 0 Å². The van der Waals surface area contributed by atoms with Gasteiger partial charge in [0.1, 0.15) is 0 Å². The minimum absolute atomic E-state index is 0.0969. The number of aromatic nitrogens is 1. The first-order valence-corrected chi connectivity index (χ1v) is 8.05. The number of aryl methyl sites for hydroxylation is 1. The summed E-state index contributed by atoms with van der Waals surface area (Å²) in [6.07, 6.45) is 0.306. The number of nitrogens with one attached hydrogen (secondary N) is 2. The van der Waals surface area contributed by atoms with Gasteiger partial charge in [-0.15, -0.1) is 0 Å². The molecule has 0 aliphatic heterocycles. The van der Waals surface area contributed by atoms with Gasteiger partial charge in [0.2, 0.25) is 11.5 Å². The van der Waals surface area contributed by atoms with Crippen LogP contribution in [0.5, 0.6) is 0 Å². The molecule has 0 bridgehead atoms. The number of carbonyl (C=O) groups excluding carboxylic acids is 1. The number of aromatic amines is 1. The second kappa shape index (κ2) is 7.32. The predicted octanol–water partition coefficient (Wildman–Crippen LogP) is 3.16. The van der Waals surface area contributed by atoms with Crippen molar-refractivity contribution in [2.24, 2.45) is 0 Å². The summed E-state index contributed by atoms with van der Waals surface area (Å²) < 4.78 is 5.14. The van der Waals surface area contributed by atoms with Gasteiger partial charge < -0.3 is 15.0 Å². The molecule has 25 heavy (non-hydrogen) atoms. The molecule has 3 rings (SSSR count). The molecule has 2 aromatic carbocycles. The number of pyridine rings is 1. The highest BCUT2D eigenvalue weighted by Crippen LogP contribution is 2.20. The summed E-state index contributed by atoms with van der Waals surface area (Å²) in [5.41, 5.74) is 4.04. The average Bonchev–Trinajstić information content (AvgIpc) is 2.54. The molecule has 0 fully saturated rings. The lowest BCUT2D eigenvalue weighted by atomic mass is 10.1. The standard InChI is InChI=1S/C20H20N2O3/c1-13-4-3-5-14(8-13)9-19(23)21-16-6-7-17-15(12-25-2)10-20(24)22-18(17)11-16/h3-8,10-11H,9,12H2,1-2H3,(H,21,23)(H,22,24). The molecule has 3 aromatic rings. The summed E-state index contributed by atoms with van der Waals surface area (Å²) >= 11 is 0. The van der Waals surface area contributed by atoms with Gasteiger partial charge in [0, 0.05) is 24.2 Å². The number of H-pyrrole nitrogens is 1. The molecule has 0 aliphatic carbocycles. The quantitative estimate of drug-likeness (QED) is 0.752. The highest BCUT2D eigenvalue weighted by atomic mass is 16.5. The molecule has 1 amide bonds. The van der Waals surface area contributed by atoms with Crippen molar-refractivity contribution in [3.05, 3.63) is 75.6 Å². The van der Waals surface area contributed by atoms with Crippen molar-refractivity contribution in [2.45, 2.75) is 20.0 Å². The second-order valence-electron chi connectivity index (χ2n) is 6.07. The van der Waals surface area contributed by atoms with E-state index in [1.54, 1.807) is 13.2 Å². The first kappa shape index (κ1) is 16.9. The summed E-state index contributed by atoms with van der Waals surface area (Å²) in [6.45, 7) is 2.36. The topological polar surface area (TPSA) is 71.2 Å². The van der Waals surface area contributed by atoms with Crippen LogP contribution in [0, 0.1) is 6.92 Å². The molecule has 0 spiro atoms. The van der Waals surface area contributed by atoms with Gasteiger partial charge in [0.15, 0.2) is 0 Å². The third kappa shape index (κ3) is 4.14. The van der Waals surface area contributed by atoms with E-state index in [2.05, 4.69) is 10.3 Å². The first-order chi connectivity index (χ1) is 12.0. The normalized spacial score (nSPS) is 10.8. The lowest BCUT2D eigenvalue weighted by molar-refractivity contribution is -0.115. The van der Waals surface area contributed by atoms with Crippen LogP contribution in [-0.2, 0) is 22.6 Å². The average molecular weight is 336 g/mol. The number of carbonyl (C=O) groups is 1. The SMILES string of the molecule is COCc1cc(=O)[nH]c2cc(NC(=O)Cc3cccc(C)c3)ccc12. The molecule has 0 radical (unpaired) electrons. The first-order valence-electron chi connectivity index (χ1n) is 8.05. The van der Waals surface area contributed by atoms with Crippen molar-refractivity contribution in [3.8, 4) is 0 Å². The van der Waals surface area contributed by atoms with Gasteiger partial charge in [-0.25, -0.2) is 0 Å². The Bertz CT molecular complexity index is 976. The third-order valence-corrected chi connectivity index (χ3v) is 3.96. The molecule has 1 aromatic heterocycles. The van der Waals surface area contributed by atoms with Gasteiger partial charge in [-0.05, 0) is 30.2 Å². The number of ether oxygens (including phenoxy) is 1. The number of anilines is 1. The molecular formula is C20H20N2O3. The van der Waals surface area contributed by atoms with Gasteiger partial charge in [0.05, 0.1) is 18.5 Å². The van der Waals surface area contributed by atoms with E-state index in [-0.39, 0.29) is 11.5 Å². The molecule has 0 atom stereocenters. The maximum Gasteiger partial charge on any atom is 0.248 e. The van der Waals surface area contributed by atoms with Crippen molar-refractivity contribution < 1.29 is 9.53 Å². The number of hydrogen-bond donors (Lipinski definition) is 2. The lowest BCUT2D eigenvalue weighted by Gasteiger charge is -2.09. The van der Waals surface area contributed by atoms with Crippen molar-refractivity contribution in [2.75, 3.05) is 12.4 Å². The molecule has 1 heterocycles. The van der Waals surface area contributed by atoms with Crippen LogP contribution in [-0.4, -0.2) is 18.0 Å². The summed E-state index contributed by atoms with van der Waals surface area (Å²) in [7, 11) is 1.59. The van der Waals surface area contributed by atoms with Crippen molar-refractivity contribution in [1.82, 2.24) is 4.98 Å². The number of amides is 1. The Labute approximate surface area is 145 Å². The number of methoxy groups -OCH3 is 1. The smallest absolute Gasteiger partial charge is 0.248 e. The maximum absolute atomic E-state index is 12.3. The summed E-state index contributed by atoms with van der Waals surface area (Å²) in [5, 5.41) is 3.78. The van der Waals surface area contributed by atoms with E-state index in [1.807, 2.05) is 43.3 Å². The highest BCUT2D eigenvalue weighted by Gasteiger charge is 2.08. The Morgan fingerprint density at radius 2 is 2.00 bits per heavy atom. The molecule has 2 N–H and O–H groups in total. The van der Waals surface area contributed by atoms with Crippen molar-refractivity contribution in [3.63, 3.8) is 0 Å². The van der Waals surface area contributed by atoms with Crippen molar-refractivity contribution >= 4 is 22.5 Å². The zero-order valence-corrected chi connectivity index (χ0v) is 14.3. The summed E-state index contributed by atoms with van der Waals surface area (Å²) in [5.74, 6) is -0.0969. The van der Waals surface area contributed by atoms with E-state index in [1.165, 1.54) is 6.07 Å². The van der Waals surface area contributed by atoms with E-state index in [0.29, 0.717) is 24.2 Å². The third-order valence-electron chi connectivity index (χ3n) is 3.96. The van der Waals surface area contributed by atoms with Gasteiger partial charge in [-0.1, -0.05) is 35.9 Å². The van der Waals surface area contributed by atoms with E-state index in [9.17, 15) is 9.59 Å². The van der Waals surface area contributed by atoms with Crippen LogP contribution in [0.3, 0.4) is 0 Å². The molecular weight excluding hydrogens is 316 g/mol. The molecule has 0 aliphatic rings. The number of hydrogen-bond acceptors (Lipinski definition) is 3. The molecule has 0 saturated heterocycles. The minimum atomic E-state index is -0.192. The lowest BCUT2D eigenvalue weighted by Crippen LogP contribution is -2.14. The molecule has 0 unspecified atom stereocenters. The fourth-order valence-electron chi connectivity index (χ4n) is 2.90. The minimum Gasteiger partial charge on any atom is -0.380 e. The van der Waals surface area contributed by atoms with Crippen LogP contribution < -0.4 is 10.9 Å². The summed E-state index contributed by atoms with van der Waals surface area (Å²) in [4.78, 5) is 26.8. The Balaban J connectivity index is 1.82. The fraction of sp³-hybridized carbons (Fsp3) is 0.200. The highest BCUT2D eigenvalue weighted by molar-refractivity contribution is 5.95. The molecule has 0 saturated carbocycles. The van der Waals surface area contributed by atoms with E-state index in [4.69, 9.17) is 4.74 Å². The zero-order chi connectivity index (χ0) is 17.8. The Morgan fingerprint density at radius 1 is 1.16 bits per heavy atom. The number of fused-ring (bicyclic) bond motifs is 1. The van der Waals surface area contributed by atoms with Crippen LogP contribution >= 0.6 is 0 Å². The molecule has 5 heteroatoms. The predicted molar refractivity (Wildman–Crippen MR) is 98.8 cm³/mol. The number of benzene rings is 2. The van der Waals surface area contributed by atoms with E-state index in [0.717, 1.165) is 22.1 Å². The second-order valence-corrected chi connectivity index (χ2v) is 6.07. The Hall–Kier alpha value is -2.92. The van der Waals surface area contributed by atoms with E-state index < -0.39 is 0 Å². The zero-order valence-electron chi connectivity index (χ0n) is 14.3. The largest absolute Gasteiger partial charge is 0.380 e. The molecule has 5 nitrogen and oxygen atoms in total. The van der Waals surface area contributed by atoms with Crippen LogP contribution in [0.25, 0.3) is 10.9 Å². The maximum atomic E-state index is 12.3. The van der Waals surface area contributed by atoms with Gasteiger partial charge >= 0.3 is 0 Å². The van der Waals surface area contributed by atoms with Crippen LogP contribution in [0.15, 0.2) is 53.3 Å². The monoisotopic (exact) mass is 336 g/mol. The van der Waals surface area contributed by atoms with Gasteiger partial charge in [-0.3, -0.25) is 9.59 Å². The fourth-order valence-corrected chi connectivity index (χ4v) is 2.90. The Morgan fingerprint density at radius 3 is 2.76 bits per heavy atom. The van der Waals surface area contributed by atoms with Gasteiger partial charge in [0.25, 0.3) is 0 Å². The van der Waals surface area contributed by atoms with E-state index >= 15 is 0 Å². The Kier molecular flexibility index (Phi) is 4.95. The van der Waals surface area contributed by atoms with Crippen LogP contribution in [0.1, 0.15) is 16.7 Å². The van der Waals surface area contributed by atoms with Crippen LogP contribution in [0.4, 0.5) is 5.69 Å². The number of rotatable bonds is 5. The molecule has 128 valence electrons. The van der Waals surface area contributed by atoms with Gasteiger partial charge in [-0.2, -0.15) is 0 Å². The summed E-state index contributed by atoms with van der Waals surface area (Å²) in [6, 6.07) is 14.9. The van der Waals surface area contributed by atoms with Crippen LogP contribution in [0.2, 0.25) is 0 Å².